The number of nitriles is 2. The summed E-state index contributed by atoms with van der Waals surface area (Å²) in [7, 11) is 0. The van der Waals surface area contributed by atoms with Crippen LogP contribution in [0.1, 0.15) is 18.6 Å². The Morgan fingerprint density at radius 1 is 0.806 bits per heavy atom. The van der Waals surface area contributed by atoms with E-state index >= 15 is 0 Å². The van der Waals surface area contributed by atoms with Gasteiger partial charge < -0.3 is 9.15 Å². The van der Waals surface area contributed by atoms with Gasteiger partial charge in [-0.05, 0) is 41.9 Å². The van der Waals surface area contributed by atoms with Crippen LogP contribution in [0.15, 0.2) is 114 Å². The minimum absolute atomic E-state index is 0.148. The molecular formula is C30H25N2O3P. The molecule has 0 aliphatic carbocycles. The molecule has 0 saturated heterocycles. The zero-order valence-corrected chi connectivity index (χ0v) is 20.7. The first-order valence-electron chi connectivity index (χ1n) is 11.6. The highest BCUT2D eigenvalue weighted by atomic mass is 31.2. The Bertz CT molecular complexity index is 1320. The lowest BCUT2D eigenvalue weighted by molar-refractivity contribution is -0.135. The van der Waals surface area contributed by atoms with E-state index < -0.39 is 24.7 Å². The van der Waals surface area contributed by atoms with Gasteiger partial charge in [0, 0.05) is 0 Å². The van der Waals surface area contributed by atoms with Gasteiger partial charge in [-0.15, -0.1) is 0 Å². The van der Waals surface area contributed by atoms with Crippen LogP contribution in [0.5, 0.6) is 0 Å². The second-order valence-corrected chi connectivity index (χ2v) is 11.4. The number of esters is 1. The molecule has 178 valence electrons. The van der Waals surface area contributed by atoms with Gasteiger partial charge in [0.25, 0.3) is 0 Å². The first-order valence-corrected chi connectivity index (χ1v) is 13.4. The first kappa shape index (κ1) is 24.8. The largest absolute Gasteiger partial charge is 0.469 e. The van der Waals surface area contributed by atoms with Crippen molar-refractivity contribution in [2.24, 2.45) is 5.92 Å². The van der Waals surface area contributed by atoms with Crippen molar-refractivity contribution < 1.29 is 13.9 Å². The zero-order valence-electron chi connectivity index (χ0n) is 19.8. The van der Waals surface area contributed by atoms with Crippen molar-refractivity contribution in [1.82, 2.24) is 0 Å². The lowest BCUT2D eigenvalue weighted by Gasteiger charge is -2.34. The molecule has 0 bridgehead atoms. The molecule has 0 spiro atoms. The molecule has 0 saturated carbocycles. The normalized spacial score (nSPS) is 11.8. The van der Waals surface area contributed by atoms with Crippen LogP contribution >= 0.6 is 6.89 Å². The van der Waals surface area contributed by atoms with E-state index in [9.17, 15) is 15.3 Å². The Hall–Kier alpha value is -4.31. The molecule has 0 aliphatic heterocycles. The van der Waals surface area contributed by atoms with E-state index in [4.69, 9.17) is 9.15 Å². The molecule has 0 radical (unpaired) electrons. The average molecular weight is 493 g/mol. The average Bonchev–Trinajstić information content (AvgIpc) is 3.47. The maximum atomic E-state index is 14.1. The second-order valence-electron chi connectivity index (χ2n) is 8.01. The third-order valence-electron chi connectivity index (χ3n) is 6.03. The van der Waals surface area contributed by atoms with Crippen molar-refractivity contribution in [1.29, 1.82) is 10.5 Å². The summed E-state index contributed by atoms with van der Waals surface area (Å²) >= 11 is 0. The SMILES string of the molecule is CCOC(=O)C(C(c1ccco1)C(C#N)C#N)=P(c1ccccc1)(c1ccccc1)c1ccccc1. The second kappa shape index (κ2) is 11.4. The summed E-state index contributed by atoms with van der Waals surface area (Å²) in [6, 6.07) is 37.0. The minimum atomic E-state index is -2.95. The van der Waals surface area contributed by atoms with E-state index in [0.29, 0.717) is 11.1 Å². The fourth-order valence-electron chi connectivity index (χ4n) is 4.60. The van der Waals surface area contributed by atoms with Gasteiger partial charge in [0.15, 0.2) is 0 Å². The summed E-state index contributed by atoms with van der Waals surface area (Å²) in [6.07, 6.45) is 1.49. The number of nitrogens with zero attached hydrogens (tertiary/aromatic N) is 2. The number of hydrogen-bond acceptors (Lipinski definition) is 5. The molecule has 0 fully saturated rings. The summed E-state index contributed by atoms with van der Waals surface area (Å²) in [6.45, 7) is -1.05. The van der Waals surface area contributed by atoms with Crippen molar-refractivity contribution in [3.05, 3.63) is 115 Å². The van der Waals surface area contributed by atoms with E-state index in [1.165, 1.54) is 6.26 Å². The number of furan rings is 1. The molecule has 1 unspecified atom stereocenters. The topological polar surface area (TPSA) is 87.0 Å². The van der Waals surface area contributed by atoms with Crippen LogP contribution in [0.4, 0.5) is 0 Å². The van der Waals surface area contributed by atoms with Crippen LogP contribution in [-0.4, -0.2) is 17.9 Å². The zero-order chi connectivity index (χ0) is 25.4. The molecule has 0 amide bonds. The summed E-state index contributed by atoms with van der Waals surface area (Å²) < 4.78 is 11.5. The van der Waals surface area contributed by atoms with Gasteiger partial charge in [0.1, 0.15) is 11.7 Å². The van der Waals surface area contributed by atoms with Crippen molar-refractivity contribution in [3.8, 4) is 12.1 Å². The Labute approximate surface area is 211 Å². The number of hydrogen-bond donors (Lipinski definition) is 0. The number of benzene rings is 3. The van der Waals surface area contributed by atoms with Gasteiger partial charge in [-0.25, -0.2) is 4.79 Å². The number of carbonyl (C=O) groups excluding carboxylic acids is 1. The smallest absolute Gasteiger partial charge is 0.335 e. The van der Waals surface area contributed by atoms with Crippen molar-refractivity contribution in [3.63, 3.8) is 0 Å². The van der Waals surface area contributed by atoms with Gasteiger partial charge in [-0.3, -0.25) is 0 Å². The lowest BCUT2D eigenvalue weighted by Crippen LogP contribution is -2.39. The van der Waals surface area contributed by atoms with Gasteiger partial charge >= 0.3 is 5.97 Å². The standard InChI is InChI=1S/C30H25N2O3P/c1-2-34-30(33)29(28(23(21-31)22-32)27-19-12-20-35-27)36(24-13-6-3-7-14-24,25-15-8-4-9-16-25)26-17-10-5-11-18-26/h3-20,23,28H,2H2,1H3. The van der Waals surface area contributed by atoms with Crippen LogP contribution in [0, 0.1) is 28.6 Å². The van der Waals surface area contributed by atoms with E-state index in [1.807, 2.05) is 91.0 Å². The van der Waals surface area contributed by atoms with Crippen molar-refractivity contribution in [2.45, 2.75) is 12.8 Å². The molecule has 0 aliphatic rings. The highest BCUT2D eigenvalue weighted by molar-refractivity contribution is 7.96. The van der Waals surface area contributed by atoms with Gasteiger partial charge in [-0.2, -0.15) is 10.5 Å². The van der Waals surface area contributed by atoms with E-state index in [0.717, 1.165) is 15.9 Å². The van der Waals surface area contributed by atoms with Gasteiger partial charge in [0.2, 0.25) is 0 Å². The molecule has 4 rings (SSSR count). The molecule has 5 nitrogen and oxygen atoms in total. The Balaban J connectivity index is 2.34. The van der Waals surface area contributed by atoms with Crippen LogP contribution < -0.4 is 15.9 Å². The van der Waals surface area contributed by atoms with E-state index in [1.54, 1.807) is 19.1 Å². The monoisotopic (exact) mass is 492 g/mol. The van der Waals surface area contributed by atoms with Gasteiger partial charge in [-0.1, -0.05) is 91.0 Å². The predicted octanol–water partition coefficient (Wildman–Crippen LogP) is 4.76. The fourth-order valence-corrected chi connectivity index (χ4v) is 9.22. The maximum absolute atomic E-state index is 14.1. The number of rotatable bonds is 8. The summed E-state index contributed by atoms with van der Waals surface area (Å²) in [4.78, 5) is 14.1. The van der Waals surface area contributed by atoms with Crippen LogP contribution in [-0.2, 0) is 9.53 Å². The third kappa shape index (κ3) is 4.50. The molecule has 36 heavy (non-hydrogen) atoms. The quantitative estimate of drug-likeness (QED) is 0.262. The molecule has 4 aromatic rings. The van der Waals surface area contributed by atoms with Crippen LogP contribution in [0.3, 0.4) is 0 Å². The summed E-state index contributed by atoms with van der Waals surface area (Å²) in [5.74, 6) is -2.29. The summed E-state index contributed by atoms with van der Waals surface area (Å²) in [5, 5.41) is 23.2. The Morgan fingerprint density at radius 3 is 1.64 bits per heavy atom. The van der Waals surface area contributed by atoms with Crippen molar-refractivity contribution in [2.75, 3.05) is 6.61 Å². The number of carbonyl (C=O) groups is 1. The molecular weight excluding hydrogens is 467 g/mol. The molecule has 1 atom stereocenters. The highest BCUT2D eigenvalue weighted by Crippen LogP contribution is 2.50. The maximum Gasteiger partial charge on any atom is 0.335 e. The molecule has 1 aromatic heterocycles. The lowest BCUT2D eigenvalue weighted by atomic mass is 9.89. The van der Waals surface area contributed by atoms with E-state index in [-0.39, 0.29) is 6.61 Å². The molecule has 0 N–H and O–H groups in total. The van der Waals surface area contributed by atoms with Crippen molar-refractivity contribution >= 4 is 34.1 Å². The predicted molar refractivity (Wildman–Crippen MR) is 143 cm³/mol. The highest BCUT2D eigenvalue weighted by Gasteiger charge is 2.43. The Kier molecular flexibility index (Phi) is 7.86. The molecule has 3 aromatic carbocycles. The Morgan fingerprint density at radius 2 is 1.28 bits per heavy atom. The minimum Gasteiger partial charge on any atom is -0.469 e. The summed E-state index contributed by atoms with van der Waals surface area (Å²) in [5.41, 5.74) is 0. The van der Waals surface area contributed by atoms with Crippen LogP contribution in [0.25, 0.3) is 0 Å². The molecule has 6 heteroatoms. The molecule has 1 heterocycles. The third-order valence-corrected chi connectivity index (χ3v) is 10.4. The van der Waals surface area contributed by atoms with Crippen LogP contribution in [0.2, 0.25) is 0 Å². The van der Waals surface area contributed by atoms with Gasteiger partial charge in [0.05, 0.1) is 36.2 Å². The fraction of sp³-hybridized carbons (Fsp3) is 0.133. The number of ether oxygens (including phenoxy) is 1. The van der Waals surface area contributed by atoms with E-state index in [2.05, 4.69) is 12.1 Å². The first-order chi connectivity index (χ1) is 17.7.